The molecular weight excluding hydrogens is 368 g/mol. The number of anilines is 1. The van der Waals surface area contributed by atoms with Crippen molar-refractivity contribution in [2.45, 2.75) is 33.2 Å². The lowest BCUT2D eigenvalue weighted by molar-refractivity contribution is -0.136. The molecule has 3 rings (SSSR count). The summed E-state index contributed by atoms with van der Waals surface area (Å²) in [6.45, 7) is 5.55. The highest BCUT2D eigenvalue weighted by atomic mass is 16.5. The molecule has 0 fully saturated rings. The van der Waals surface area contributed by atoms with Crippen LogP contribution in [0.15, 0.2) is 42.5 Å². The molecule has 1 heterocycles. The van der Waals surface area contributed by atoms with Gasteiger partial charge in [-0.2, -0.15) is 0 Å². The first kappa shape index (κ1) is 20.6. The fraction of sp³-hybridized carbons (Fsp3) is 0.304. The molecule has 6 heteroatoms. The van der Waals surface area contributed by atoms with Gasteiger partial charge < -0.3 is 19.7 Å². The highest BCUT2D eigenvalue weighted by molar-refractivity contribution is 6.06. The van der Waals surface area contributed by atoms with Crippen molar-refractivity contribution >= 4 is 28.5 Å². The number of nitrogens with one attached hydrogen (secondary N) is 1. The summed E-state index contributed by atoms with van der Waals surface area (Å²) >= 11 is 0. The van der Waals surface area contributed by atoms with E-state index in [-0.39, 0.29) is 12.3 Å². The fourth-order valence-corrected chi connectivity index (χ4v) is 3.47. The maximum absolute atomic E-state index is 12.7. The molecule has 0 unspecified atom stereocenters. The van der Waals surface area contributed by atoms with Gasteiger partial charge >= 0.3 is 5.97 Å². The van der Waals surface area contributed by atoms with Gasteiger partial charge in [-0.3, -0.25) is 9.59 Å². The molecule has 2 aromatic carbocycles. The summed E-state index contributed by atoms with van der Waals surface area (Å²) in [5.41, 5.74) is 5.63. The van der Waals surface area contributed by atoms with Crippen LogP contribution in [-0.4, -0.2) is 35.3 Å². The number of hydrogen-bond acceptors (Lipinski definition) is 3. The Morgan fingerprint density at radius 2 is 1.83 bits per heavy atom. The van der Waals surface area contributed by atoms with E-state index < -0.39 is 5.97 Å². The molecule has 29 heavy (non-hydrogen) atoms. The van der Waals surface area contributed by atoms with Crippen LogP contribution in [0.4, 0.5) is 5.69 Å². The lowest BCUT2D eigenvalue weighted by atomic mass is 10.1. The summed E-state index contributed by atoms with van der Waals surface area (Å²) in [5.74, 6) is -0.994. The number of carboxylic acid groups (broad SMARTS) is 1. The first-order valence-electron chi connectivity index (χ1n) is 9.61. The van der Waals surface area contributed by atoms with Crippen molar-refractivity contribution in [1.29, 1.82) is 0 Å². The molecule has 0 atom stereocenters. The van der Waals surface area contributed by atoms with Crippen LogP contribution in [0.25, 0.3) is 10.9 Å². The van der Waals surface area contributed by atoms with Crippen LogP contribution in [0.5, 0.6) is 0 Å². The molecule has 0 aliphatic rings. The van der Waals surface area contributed by atoms with Gasteiger partial charge in [-0.25, -0.2) is 0 Å². The number of aliphatic carboxylic acids is 1. The third-order valence-electron chi connectivity index (χ3n) is 5.26. The first-order chi connectivity index (χ1) is 13.9. The van der Waals surface area contributed by atoms with Gasteiger partial charge in [0.25, 0.3) is 5.91 Å². The maximum Gasteiger partial charge on any atom is 0.303 e. The number of carbonyl (C=O) groups excluding carboxylic acids is 1. The highest BCUT2D eigenvalue weighted by Crippen LogP contribution is 2.26. The third kappa shape index (κ3) is 4.66. The summed E-state index contributed by atoms with van der Waals surface area (Å²) in [7, 11) is 1.69. The van der Waals surface area contributed by atoms with Gasteiger partial charge in [0.2, 0.25) is 0 Å². The van der Waals surface area contributed by atoms with Crippen molar-refractivity contribution in [3.05, 3.63) is 64.8 Å². The number of rotatable bonds is 8. The van der Waals surface area contributed by atoms with E-state index in [1.54, 1.807) is 19.2 Å². The average molecular weight is 394 g/mol. The maximum atomic E-state index is 12.7. The lowest BCUT2D eigenvalue weighted by Crippen LogP contribution is -2.12. The van der Waals surface area contributed by atoms with Crippen LogP contribution >= 0.6 is 0 Å². The van der Waals surface area contributed by atoms with Crippen LogP contribution in [0, 0.1) is 13.8 Å². The smallest absolute Gasteiger partial charge is 0.303 e. The second-order valence-corrected chi connectivity index (χ2v) is 7.13. The van der Waals surface area contributed by atoms with Crippen molar-refractivity contribution in [3.8, 4) is 0 Å². The molecular formula is C23H26N2O4. The van der Waals surface area contributed by atoms with Crippen molar-refractivity contribution in [2.75, 3.05) is 19.0 Å². The van der Waals surface area contributed by atoms with Crippen molar-refractivity contribution in [1.82, 2.24) is 4.57 Å². The molecule has 1 amide bonds. The molecule has 1 aromatic heterocycles. The lowest BCUT2D eigenvalue weighted by Gasteiger charge is -2.09. The molecule has 3 aromatic rings. The van der Waals surface area contributed by atoms with Gasteiger partial charge in [-0.15, -0.1) is 0 Å². The largest absolute Gasteiger partial charge is 0.481 e. The van der Waals surface area contributed by atoms with Gasteiger partial charge in [0.1, 0.15) is 0 Å². The van der Waals surface area contributed by atoms with Crippen molar-refractivity contribution < 1.29 is 19.4 Å². The Balaban J connectivity index is 1.77. The van der Waals surface area contributed by atoms with Gasteiger partial charge in [0, 0.05) is 47.9 Å². The monoisotopic (exact) mass is 394 g/mol. The molecule has 2 N–H and O–H groups in total. The van der Waals surface area contributed by atoms with E-state index in [1.165, 1.54) is 5.69 Å². The number of methoxy groups -OCH3 is 1. The van der Waals surface area contributed by atoms with Gasteiger partial charge in [-0.05, 0) is 61.7 Å². The van der Waals surface area contributed by atoms with Crippen molar-refractivity contribution in [2.24, 2.45) is 0 Å². The van der Waals surface area contributed by atoms with Crippen LogP contribution in [0.3, 0.4) is 0 Å². The van der Waals surface area contributed by atoms with E-state index in [0.717, 1.165) is 28.6 Å². The second kappa shape index (κ2) is 8.92. The van der Waals surface area contributed by atoms with E-state index >= 15 is 0 Å². The van der Waals surface area contributed by atoms with Gasteiger partial charge in [0.05, 0.1) is 6.61 Å². The minimum atomic E-state index is -0.820. The zero-order chi connectivity index (χ0) is 21.0. The standard InChI is InChI=1S/C23H26N2O4/c1-15-16(2)25(12-13-29-3)21-10-7-18(14-20(15)21)23(28)24-19-8-4-17(5-9-19)6-11-22(26)27/h4-5,7-10,14H,6,11-13H2,1-3H3,(H,24,28)(H,26,27). The number of hydrogen-bond donors (Lipinski definition) is 2. The number of nitrogens with zero attached hydrogens (tertiary/aromatic N) is 1. The molecule has 6 nitrogen and oxygen atoms in total. The van der Waals surface area contributed by atoms with E-state index in [4.69, 9.17) is 9.84 Å². The molecule has 0 spiro atoms. The fourth-order valence-electron chi connectivity index (χ4n) is 3.47. The Morgan fingerprint density at radius 3 is 2.48 bits per heavy atom. The van der Waals surface area contributed by atoms with Gasteiger partial charge in [-0.1, -0.05) is 12.1 Å². The topological polar surface area (TPSA) is 80.6 Å². The summed E-state index contributed by atoms with van der Waals surface area (Å²) in [4.78, 5) is 23.4. The number of amides is 1. The Bertz CT molecular complexity index is 1040. The zero-order valence-electron chi connectivity index (χ0n) is 17.0. The minimum Gasteiger partial charge on any atom is -0.481 e. The molecule has 152 valence electrons. The minimum absolute atomic E-state index is 0.0918. The normalized spacial score (nSPS) is 11.0. The van der Waals surface area contributed by atoms with Gasteiger partial charge in [0.15, 0.2) is 0 Å². The van der Waals surface area contributed by atoms with E-state index in [2.05, 4.69) is 23.7 Å². The molecule has 0 aliphatic heterocycles. The number of carboxylic acids is 1. The highest BCUT2D eigenvalue weighted by Gasteiger charge is 2.14. The SMILES string of the molecule is COCCn1c(C)c(C)c2cc(C(=O)Nc3ccc(CCC(=O)O)cc3)ccc21. The number of carbonyl (C=O) groups is 2. The molecule has 0 saturated heterocycles. The van der Waals surface area contributed by atoms with Crippen molar-refractivity contribution in [3.63, 3.8) is 0 Å². The summed E-state index contributed by atoms with van der Waals surface area (Å²) in [6.07, 6.45) is 0.563. The summed E-state index contributed by atoms with van der Waals surface area (Å²) < 4.78 is 7.42. The Labute approximate surface area is 170 Å². The molecule has 0 aliphatic carbocycles. The van der Waals surface area contributed by atoms with E-state index in [9.17, 15) is 9.59 Å². The number of benzene rings is 2. The Kier molecular flexibility index (Phi) is 6.34. The molecule has 0 radical (unpaired) electrons. The van der Waals surface area contributed by atoms with E-state index in [1.807, 2.05) is 30.3 Å². The van der Waals surface area contributed by atoms with Crippen LogP contribution in [-0.2, 0) is 22.5 Å². The number of ether oxygens (including phenoxy) is 1. The van der Waals surface area contributed by atoms with Crippen LogP contribution in [0.2, 0.25) is 0 Å². The average Bonchev–Trinajstić information content (AvgIpc) is 2.95. The number of fused-ring (bicyclic) bond motifs is 1. The molecule has 0 bridgehead atoms. The van der Waals surface area contributed by atoms with Crippen LogP contribution in [0.1, 0.15) is 33.6 Å². The predicted octanol–water partition coefficient (Wildman–Crippen LogP) is 4.17. The second-order valence-electron chi connectivity index (χ2n) is 7.13. The number of aryl methyl sites for hydroxylation is 2. The third-order valence-corrected chi connectivity index (χ3v) is 5.26. The zero-order valence-corrected chi connectivity index (χ0v) is 17.0. The molecule has 0 saturated carbocycles. The quantitative estimate of drug-likeness (QED) is 0.601. The first-order valence-corrected chi connectivity index (χ1v) is 9.61. The Morgan fingerprint density at radius 1 is 1.10 bits per heavy atom. The van der Waals surface area contributed by atoms with E-state index in [0.29, 0.717) is 24.3 Å². The Hall–Kier alpha value is -3.12. The summed E-state index contributed by atoms with van der Waals surface area (Å²) in [5, 5.41) is 12.7. The summed E-state index contributed by atoms with van der Waals surface area (Å²) in [6, 6.07) is 13.0. The predicted molar refractivity (Wildman–Crippen MR) is 114 cm³/mol. The van der Waals surface area contributed by atoms with Crippen LogP contribution < -0.4 is 5.32 Å². The number of aromatic nitrogens is 1.